The van der Waals surface area contributed by atoms with Gasteiger partial charge in [-0.1, -0.05) is 23.7 Å². The number of hydrogen-bond acceptors (Lipinski definition) is 2. The van der Waals surface area contributed by atoms with E-state index in [-0.39, 0.29) is 17.0 Å². The summed E-state index contributed by atoms with van der Waals surface area (Å²) in [6, 6.07) is 6.89. The predicted molar refractivity (Wildman–Crippen MR) is 71.5 cm³/mol. The van der Waals surface area contributed by atoms with Crippen molar-refractivity contribution in [1.82, 2.24) is 5.43 Å². The summed E-state index contributed by atoms with van der Waals surface area (Å²) in [6.45, 7) is 0. The van der Waals surface area contributed by atoms with Crippen LogP contribution in [0.5, 0.6) is 0 Å². The molecule has 2 nitrogen and oxygen atoms in total. The Hall–Kier alpha value is -1.56. The molecule has 106 valence electrons. The summed E-state index contributed by atoms with van der Waals surface area (Å²) in [5, 5.41) is -0.0488. The van der Waals surface area contributed by atoms with Gasteiger partial charge in [0, 0.05) is 5.56 Å². The lowest BCUT2D eigenvalue weighted by Gasteiger charge is -2.18. The molecule has 0 amide bonds. The first kappa shape index (κ1) is 14.8. The summed E-state index contributed by atoms with van der Waals surface area (Å²) in [5.41, 5.74) is 2.82. The molecular formula is C14H12ClF3N2. The Balaban J connectivity index is 2.31. The van der Waals surface area contributed by atoms with Gasteiger partial charge in [0.25, 0.3) is 0 Å². The average Bonchev–Trinajstić information content (AvgIpc) is 2.41. The largest absolute Gasteiger partial charge is 0.271 e. The monoisotopic (exact) mass is 300 g/mol. The molecule has 2 rings (SSSR count). The lowest BCUT2D eigenvalue weighted by atomic mass is 9.98. The molecule has 6 heteroatoms. The lowest BCUT2D eigenvalue weighted by molar-refractivity contribution is 0.472. The number of hydrazine groups is 1. The number of halogens is 4. The van der Waals surface area contributed by atoms with Crippen LogP contribution in [0.2, 0.25) is 5.02 Å². The van der Waals surface area contributed by atoms with Crippen molar-refractivity contribution in [2.45, 2.75) is 12.5 Å². The van der Waals surface area contributed by atoms with Crippen LogP contribution in [-0.2, 0) is 6.42 Å². The van der Waals surface area contributed by atoms with E-state index >= 15 is 0 Å². The van der Waals surface area contributed by atoms with E-state index in [1.54, 1.807) is 0 Å². The van der Waals surface area contributed by atoms with Crippen LogP contribution < -0.4 is 11.3 Å². The smallest absolute Gasteiger partial charge is 0.141 e. The Bertz CT molecular complexity index is 599. The molecule has 0 aliphatic heterocycles. The summed E-state index contributed by atoms with van der Waals surface area (Å²) >= 11 is 5.67. The van der Waals surface area contributed by atoms with Gasteiger partial charge in [-0.15, -0.1) is 0 Å². The van der Waals surface area contributed by atoms with Crippen molar-refractivity contribution in [2.75, 3.05) is 0 Å². The second kappa shape index (κ2) is 6.26. The molecule has 2 aromatic rings. The molecular weight excluding hydrogens is 289 g/mol. The fourth-order valence-corrected chi connectivity index (χ4v) is 2.19. The molecule has 20 heavy (non-hydrogen) atoms. The van der Waals surface area contributed by atoms with Gasteiger partial charge >= 0.3 is 0 Å². The number of nitrogens with two attached hydrogens (primary N) is 1. The Morgan fingerprint density at radius 2 is 1.70 bits per heavy atom. The van der Waals surface area contributed by atoms with Crippen LogP contribution in [-0.4, -0.2) is 0 Å². The molecule has 0 spiro atoms. The van der Waals surface area contributed by atoms with Crippen LogP contribution in [0, 0.1) is 17.5 Å². The minimum absolute atomic E-state index is 0.0488. The summed E-state index contributed by atoms with van der Waals surface area (Å²) in [6.07, 6.45) is 0.175. The summed E-state index contributed by atoms with van der Waals surface area (Å²) in [4.78, 5) is 0. The maximum Gasteiger partial charge on any atom is 0.141 e. The predicted octanol–water partition coefficient (Wildman–Crippen LogP) is 3.50. The SMILES string of the molecule is NNC(Cc1ccc(F)c(Cl)c1)c1c(F)cccc1F. The van der Waals surface area contributed by atoms with E-state index in [1.165, 1.54) is 24.3 Å². The van der Waals surface area contributed by atoms with Crippen molar-refractivity contribution in [3.63, 3.8) is 0 Å². The highest BCUT2D eigenvalue weighted by atomic mass is 35.5. The highest BCUT2D eigenvalue weighted by Crippen LogP contribution is 2.25. The molecule has 0 fully saturated rings. The zero-order valence-electron chi connectivity index (χ0n) is 10.3. The van der Waals surface area contributed by atoms with Crippen molar-refractivity contribution < 1.29 is 13.2 Å². The highest BCUT2D eigenvalue weighted by molar-refractivity contribution is 6.30. The molecule has 1 atom stereocenters. The fraction of sp³-hybridized carbons (Fsp3) is 0.143. The van der Waals surface area contributed by atoms with Crippen molar-refractivity contribution >= 4 is 11.6 Å². The summed E-state index contributed by atoms with van der Waals surface area (Å²) in [7, 11) is 0. The van der Waals surface area contributed by atoms with E-state index in [0.717, 1.165) is 12.1 Å². The standard InChI is InChI=1S/C14H12ClF3N2/c15-9-6-8(4-5-10(9)16)7-13(20-19)14-11(17)2-1-3-12(14)18/h1-6,13,20H,7,19H2. The summed E-state index contributed by atoms with van der Waals surface area (Å²) < 4.78 is 40.5. The van der Waals surface area contributed by atoms with E-state index < -0.39 is 23.5 Å². The van der Waals surface area contributed by atoms with Crippen molar-refractivity contribution in [1.29, 1.82) is 0 Å². The Morgan fingerprint density at radius 1 is 1.05 bits per heavy atom. The third kappa shape index (κ3) is 3.12. The van der Waals surface area contributed by atoms with Gasteiger partial charge in [0.15, 0.2) is 0 Å². The molecule has 0 saturated carbocycles. The van der Waals surface area contributed by atoms with E-state index in [0.29, 0.717) is 5.56 Å². The molecule has 3 N–H and O–H groups in total. The molecule has 0 radical (unpaired) electrons. The Kier molecular flexibility index (Phi) is 4.65. The van der Waals surface area contributed by atoms with Gasteiger partial charge in [-0.05, 0) is 36.2 Å². The first-order valence-corrected chi connectivity index (χ1v) is 6.24. The van der Waals surface area contributed by atoms with Crippen LogP contribution in [0.1, 0.15) is 17.2 Å². The van der Waals surface area contributed by atoms with Crippen LogP contribution in [0.25, 0.3) is 0 Å². The third-order valence-corrected chi connectivity index (χ3v) is 3.26. The van der Waals surface area contributed by atoms with Crippen LogP contribution in [0.4, 0.5) is 13.2 Å². The van der Waals surface area contributed by atoms with Gasteiger partial charge in [-0.3, -0.25) is 11.3 Å². The first-order valence-electron chi connectivity index (χ1n) is 5.87. The fourth-order valence-electron chi connectivity index (χ4n) is 1.99. The number of benzene rings is 2. The van der Waals surface area contributed by atoms with E-state index in [4.69, 9.17) is 17.4 Å². The quantitative estimate of drug-likeness (QED) is 0.670. The molecule has 1 unspecified atom stereocenters. The third-order valence-electron chi connectivity index (χ3n) is 2.97. The number of hydrogen-bond donors (Lipinski definition) is 2. The zero-order valence-corrected chi connectivity index (χ0v) is 11.1. The van der Waals surface area contributed by atoms with Gasteiger partial charge in [0.05, 0.1) is 11.1 Å². The van der Waals surface area contributed by atoms with E-state index in [2.05, 4.69) is 5.43 Å². The molecule has 0 heterocycles. The Labute approximate surface area is 119 Å². The molecule has 0 bridgehead atoms. The van der Waals surface area contributed by atoms with Gasteiger partial charge in [0.1, 0.15) is 17.5 Å². The van der Waals surface area contributed by atoms with Gasteiger partial charge in [0.2, 0.25) is 0 Å². The zero-order chi connectivity index (χ0) is 14.7. The second-order valence-corrected chi connectivity index (χ2v) is 4.71. The highest BCUT2D eigenvalue weighted by Gasteiger charge is 2.19. The average molecular weight is 301 g/mol. The molecule has 2 aromatic carbocycles. The maximum atomic E-state index is 13.7. The number of rotatable bonds is 4. The molecule has 0 aliphatic rings. The normalized spacial score (nSPS) is 12.4. The first-order chi connectivity index (χ1) is 9.52. The van der Waals surface area contributed by atoms with E-state index in [9.17, 15) is 13.2 Å². The minimum Gasteiger partial charge on any atom is -0.271 e. The maximum absolute atomic E-state index is 13.7. The topological polar surface area (TPSA) is 38.0 Å². The minimum atomic E-state index is -0.780. The lowest BCUT2D eigenvalue weighted by Crippen LogP contribution is -2.31. The Morgan fingerprint density at radius 3 is 2.25 bits per heavy atom. The van der Waals surface area contributed by atoms with Gasteiger partial charge in [-0.2, -0.15) is 0 Å². The van der Waals surface area contributed by atoms with Crippen molar-refractivity contribution in [3.8, 4) is 0 Å². The second-order valence-electron chi connectivity index (χ2n) is 4.31. The van der Waals surface area contributed by atoms with Crippen molar-refractivity contribution in [3.05, 3.63) is 70.0 Å². The molecule has 0 aliphatic carbocycles. The van der Waals surface area contributed by atoms with Crippen molar-refractivity contribution in [2.24, 2.45) is 5.84 Å². The molecule has 0 aromatic heterocycles. The number of nitrogens with one attached hydrogen (secondary N) is 1. The van der Waals surface area contributed by atoms with Gasteiger partial charge < -0.3 is 0 Å². The van der Waals surface area contributed by atoms with E-state index in [1.807, 2.05) is 0 Å². The van der Waals surface area contributed by atoms with Crippen LogP contribution in [0.15, 0.2) is 36.4 Å². The van der Waals surface area contributed by atoms with Crippen LogP contribution >= 0.6 is 11.6 Å². The van der Waals surface area contributed by atoms with Crippen LogP contribution in [0.3, 0.4) is 0 Å². The van der Waals surface area contributed by atoms with Gasteiger partial charge in [-0.25, -0.2) is 13.2 Å². The summed E-state index contributed by atoms with van der Waals surface area (Å²) in [5.74, 6) is 3.43. The molecule has 0 saturated heterocycles.